The molecule has 0 aromatic carbocycles. The zero-order valence-electron chi connectivity index (χ0n) is 13.5. The van der Waals surface area contributed by atoms with Crippen LogP contribution in [0.5, 0.6) is 0 Å². The van der Waals surface area contributed by atoms with Crippen molar-refractivity contribution >= 4 is 0 Å². The smallest absolute Gasteiger partial charge is 0.00952 e. The van der Waals surface area contributed by atoms with Crippen LogP contribution in [0.3, 0.4) is 0 Å². The highest BCUT2D eigenvalue weighted by atomic mass is 15.0. The van der Waals surface area contributed by atoms with Gasteiger partial charge in [0.2, 0.25) is 0 Å². The second-order valence-electron chi connectivity index (χ2n) is 7.60. The van der Waals surface area contributed by atoms with Crippen LogP contribution in [0, 0.1) is 17.8 Å². The molecule has 0 aromatic heterocycles. The predicted octanol–water partition coefficient (Wildman–Crippen LogP) is 5.15. The number of nitrogens with one attached hydrogen (secondary N) is 1. The molecule has 2 aliphatic carbocycles. The second-order valence-corrected chi connectivity index (χ2v) is 7.60. The van der Waals surface area contributed by atoms with Crippen molar-refractivity contribution < 1.29 is 0 Å². The highest BCUT2D eigenvalue weighted by molar-refractivity contribution is 4.83. The summed E-state index contributed by atoms with van der Waals surface area (Å²) in [7, 11) is 0. The summed E-state index contributed by atoms with van der Waals surface area (Å²) in [4.78, 5) is 0. The average molecular weight is 265 g/mol. The van der Waals surface area contributed by atoms with E-state index in [1.54, 1.807) is 0 Å². The fourth-order valence-corrected chi connectivity index (χ4v) is 4.21. The molecule has 0 radical (unpaired) electrons. The minimum atomic E-state index is 0.808. The zero-order chi connectivity index (χ0) is 13.7. The highest BCUT2D eigenvalue weighted by Gasteiger charge is 2.25. The maximum Gasteiger partial charge on any atom is 0.00952 e. The molecule has 2 saturated carbocycles. The van der Waals surface area contributed by atoms with Gasteiger partial charge in [-0.25, -0.2) is 0 Å². The molecule has 1 N–H and O–H groups in total. The van der Waals surface area contributed by atoms with Crippen molar-refractivity contribution in [3.63, 3.8) is 0 Å². The first-order valence-electron chi connectivity index (χ1n) is 8.93. The molecular formula is C18H35N. The van der Waals surface area contributed by atoms with Crippen LogP contribution < -0.4 is 5.32 Å². The highest BCUT2D eigenvalue weighted by Crippen LogP contribution is 2.30. The van der Waals surface area contributed by atoms with E-state index in [0.717, 1.165) is 29.8 Å². The minimum Gasteiger partial charge on any atom is -0.311 e. The van der Waals surface area contributed by atoms with Gasteiger partial charge in [-0.2, -0.15) is 0 Å². The molecule has 2 rings (SSSR count). The molecule has 0 bridgehead atoms. The molecule has 112 valence electrons. The Balaban J connectivity index is 1.81. The fourth-order valence-electron chi connectivity index (χ4n) is 4.21. The maximum absolute atomic E-state index is 4.05. The molecule has 19 heavy (non-hydrogen) atoms. The van der Waals surface area contributed by atoms with Crippen molar-refractivity contribution in [1.82, 2.24) is 5.32 Å². The standard InChI is InChI=1S/C18H35N/c1-14(2)16-9-7-10-17(13-12-16)19-18-11-6-4-5-8-15(18)3/h14-19H,4-13H2,1-3H3. The molecule has 0 aliphatic heterocycles. The molecule has 0 heterocycles. The SMILES string of the molecule is CC(C)C1CCCC(NC2CCCCCC2C)CC1. The molecule has 2 fully saturated rings. The van der Waals surface area contributed by atoms with Gasteiger partial charge in [0.1, 0.15) is 0 Å². The minimum absolute atomic E-state index is 0.808. The lowest BCUT2D eigenvalue weighted by atomic mass is 9.89. The quantitative estimate of drug-likeness (QED) is 0.696. The fraction of sp³-hybridized carbons (Fsp3) is 1.00. The van der Waals surface area contributed by atoms with Crippen molar-refractivity contribution in [3.05, 3.63) is 0 Å². The Bertz CT molecular complexity index is 248. The molecule has 0 saturated heterocycles. The molecule has 1 nitrogen and oxygen atoms in total. The molecule has 2 aliphatic rings. The first kappa shape index (κ1) is 15.4. The van der Waals surface area contributed by atoms with E-state index in [2.05, 4.69) is 26.1 Å². The van der Waals surface area contributed by atoms with E-state index in [4.69, 9.17) is 0 Å². The lowest BCUT2D eigenvalue weighted by molar-refractivity contribution is 0.297. The summed E-state index contributed by atoms with van der Waals surface area (Å²) in [5.74, 6) is 2.76. The van der Waals surface area contributed by atoms with E-state index >= 15 is 0 Å². The average Bonchev–Trinajstić information content (AvgIpc) is 2.72. The van der Waals surface area contributed by atoms with Gasteiger partial charge in [-0.15, -0.1) is 0 Å². The normalized spacial score (nSPS) is 37.9. The Hall–Kier alpha value is -0.0400. The molecule has 0 amide bonds. The van der Waals surface area contributed by atoms with Crippen LogP contribution in [0.1, 0.15) is 85.0 Å². The summed E-state index contributed by atoms with van der Waals surface area (Å²) in [6.07, 6.45) is 14.4. The summed E-state index contributed by atoms with van der Waals surface area (Å²) >= 11 is 0. The molecule has 0 spiro atoms. The monoisotopic (exact) mass is 265 g/mol. The van der Waals surface area contributed by atoms with Crippen LogP contribution in [0.25, 0.3) is 0 Å². The van der Waals surface area contributed by atoms with Crippen molar-refractivity contribution in [2.24, 2.45) is 17.8 Å². The van der Waals surface area contributed by atoms with Crippen molar-refractivity contribution in [3.8, 4) is 0 Å². The van der Waals surface area contributed by atoms with Gasteiger partial charge in [-0.1, -0.05) is 52.9 Å². The van der Waals surface area contributed by atoms with Gasteiger partial charge < -0.3 is 5.32 Å². The summed E-state index contributed by atoms with van der Waals surface area (Å²) in [6, 6.07) is 1.62. The van der Waals surface area contributed by atoms with Gasteiger partial charge in [0, 0.05) is 12.1 Å². The number of hydrogen-bond acceptors (Lipinski definition) is 1. The Morgan fingerprint density at radius 2 is 1.58 bits per heavy atom. The summed E-state index contributed by atoms with van der Waals surface area (Å²) in [5.41, 5.74) is 0. The summed E-state index contributed by atoms with van der Waals surface area (Å²) < 4.78 is 0. The van der Waals surface area contributed by atoms with Crippen LogP contribution in [0.15, 0.2) is 0 Å². The summed E-state index contributed by atoms with van der Waals surface area (Å²) in [6.45, 7) is 7.29. The third-order valence-corrected chi connectivity index (χ3v) is 5.77. The van der Waals surface area contributed by atoms with Crippen LogP contribution in [0.4, 0.5) is 0 Å². The molecular weight excluding hydrogens is 230 g/mol. The first-order chi connectivity index (χ1) is 9.16. The molecule has 1 heteroatoms. The van der Waals surface area contributed by atoms with E-state index in [1.807, 2.05) is 0 Å². The molecule has 0 aromatic rings. The van der Waals surface area contributed by atoms with Crippen LogP contribution in [-0.2, 0) is 0 Å². The van der Waals surface area contributed by atoms with Crippen LogP contribution >= 0.6 is 0 Å². The van der Waals surface area contributed by atoms with Gasteiger partial charge in [-0.05, 0) is 49.9 Å². The topological polar surface area (TPSA) is 12.0 Å². The maximum atomic E-state index is 4.05. The zero-order valence-corrected chi connectivity index (χ0v) is 13.5. The van der Waals surface area contributed by atoms with Gasteiger partial charge >= 0.3 is 0 Å². The van der Waals surface area contributed by atoms with Gasteiger partial charge in [0.05, 0.1) is 0 Å². The van der Waals surface area contributed by atoms with E-state index in [1.165, 1.54) is 64.2 Å². The Morgan fingerprint density at radius 3 is 2.37 bits per heavy atom. The van der Waals surface area contributed by atoms with Gasteiger partial charge in [-0.3, -0.25) is 0 Å². The predicted molar refractivity (Wildman–Crippen MR) is 84.4 cm³/mol. The first-order valence-corrected chi connectivity index (χ1v) is 8.93. The lowest BCUT2D eigenvalue weighted by Gasteiger charge is -2.28. The van der Waals surface area contributed by atoms with E-state index in [0.29, 0.717) is 0 Å². The van der Waals surface area contributed by atoms with Gasteiger partial charge in [0.15, 0.2) is 0 Å². The van der Waals surface area contributed by atoms with E-state index in [9.17, 15) is 0 Å². The molecule has 4 unspecified atom stereocenters. The van der Waals surface area contributed by atoms with Crippen LogP contribution in [0.2, 0.25) is 0 Å². The third kappa shape index (κ3) is 4.77. The van der Waals surface area contributed by atoms with Crippen LogP contribution in [-0.4, -0.2) is 12.1 Å². The molecule has 4 atom stereocenters. The van der Waals surface area contributed by atoms with Crippen molar-refractivity contribution in [1.29, 1.82) is 0 Å². The largest absolute Gasteiger partial charge is 0.311 e. The third-order valence-electron chi connectivity index (χ3n) is 5.77. The second kappa shape index (κ2) is 7.67. The number of rotatable bonds is 3. The summed E-state index contributed by atoms with van der Waals surface area (Å²) in [5, 5.41) is 4.05. The lowest BCUT2D eigenvalue weighted by Crippen LogP contribution is -2.41. The Morgan fingerprint density at radius 1 is 0.789 bits per heavy atom. The van der Waals surface area contributed by atoms with E-state index < -0.39 is 0 Å². The van der Waals surface area contributed by atoms with Crippen molar-refractivity contribution in [2.75, 3.05) is 0 Å². The Kier molecular flexibility index (Phi) is 6.19. The Labute approximate surface area is 120 Å². The van der Waals surface area contributed by atoms with Gasteiger partial charge in [0.25, 0.3) is 0 Å². The van der Waals surface area contributed by atoms with E-state index in [-0.39, 0.29) is 0 Å². The number of hydrogen-bond donors (Lipinski definition) is 1. The van der Waals surface area contributed by atoms with Crippen molar-refractivity contribution in [2.45, 2.75) is 97.1 Å².